The minimum atomic E-state index is -4.62. The van der Waals surface area contributed by atoms with Gasteiger partial charge in [0.2, 0.25) is 0 Å². The van der Waals surface area contributed by atoms with Crippen LogP contribution in [0.2, 0.25) is 0 Å². The van der Waals surface area contributed by atoms with Crippen LogP contribution in [0.15, 0.2) is 15.5 Å². The number of rotatable bonds is 0. The van der Waals surface area contributed by atoms with Crippen LogP contribution in [-0.4, -0.2) is 5.27 Å². The summed E-state index contributed by atoms with van der Waals surface area (Å²) in [5, 5.41) is 1.35. The molecule has 10 heavy (non-hydrogen) atoms. The van der Waals surface area contributed by atoms with Gasteiger partial charge in [0, 0.05) is 4.68 Å². The molecule has 0 saturated carbocycles. The Morgan fingerprint density at radius 3 is 2.40 bits per heavy atom. The molecule has 0 spiro atoms. The van der Waals surface area contributed by atoms with Crippen LogP contribution in [0, 0.1) is 0 Å². The van der Waals surface area contributed by atoms with Crippen LogP contribution in [0.25, 0.3) is 0 Å². The fourth-order valence-electron chi connectivity index (χ4n) is 0.377. The van der Waals surface area contributed by atoms with Gasteiger partial charge in [0.25, 0.3) is 6.20 Å². The number of aromatic nitrogens is 2. The number of hydrogen-bond donors (Lipinski definition) is 1. The fraction of sp³-hybridized carbons (Fsp3) is 0.333. The molecule has 0 aliphatic carbocycles. The Morgan fingerprint density at radius 2 is 2.20 bits per heavy atom. The summed E-state index contributed by atoms with van der Waals surface area (Å²) >= 11 is 0. The summed E-state index contributed by atoms with van der Waals surface area (Å²) in [5.41, 5.74) is -1.07. The van der Waals surface area contributed by atoms with Gasteiger partial charge in [0.05, 0.1) is 0 Å². The van der Waals surface area contributed by atoms with E-state index >= 15 is 0 Å². The molecule has 56 valence electrons. The second-order valence-electron chi connectivity index (χ2n) is 1.48. The number of nitrogens with zero attached hydrogens (tertiary/aromatic N) is 1. The zero-order valence-corrected chi connectivity index (χ0v) is 4.47. The maximum atomic E-state index is 11.5. The van der Waals surface area contributed by atoms with Crippen LogP contribution < -0.4 is 10.3 Å². The Kier molecular flexibility index (Phi) is 1.27. The van der Waals surface area contributed by atoms with Crippen LogP contribution >= 0.6 is 0 Å². The van der Waals surface area contributed by atoms with Crippen molar-refractivity contribution in [2.75, 3.05) is 0 Å². The van der Waals surface area contributed by atoms with Gasteiger partial charge in [-0.05, 0) is 5.27 Å². The molecule has 0 amide bonds. The maximum absolute atomic E-state index is 11.5. The molecule has 0 aliphatic heterocycles. The average Bonchev–Trinajstić information content (AvgIpc) is 2.11. The largest absolute Gasteiger partial charge is 0.663 e. The van der Waals surface area contributed by atoms with Crippen molar-refractivity contribution in [3.05, 3.63) is 16.6 Å². The zero-order valence-electron chi connectivity index (χ0n) is 4.47. The second-order valence-corrected chi connectivity index (χ2v) is 1.48. The van der Waals surface area contributed by atoms with Gasteiger partial charge in [-0.25, -0.2) is 4.79 Å². The molecule has 0 unspecified atom stereocenters. The van der Waals surface area contributed by atoms with Crippen LogP contribution in [0.1, 0.15) is 0 Å². The zero-order chi connectivity index (χ0) is 7.78. The molecule has 1 N–H and O–H groups in total. The summed E-state index contributed by atoms with van der Waals surface area (Å²) in [4.78, 5) is 10.0. The van der Waals surface area contributed by atoms with E-state index in [-0.39, 0.29) is 10.9 Å². The Balaban J connectivity index is 3.07. The van der Waals surface area contributed by atoms with Gasteiger partial charge in [-0.3, -0.25) is 4.52 Å². The molecule has 0 fully saturated rings. The van der Waals surface area contributed by atoms with Crippen LogP contribution in [0.4, 0.5) is 13.2 Å². The summed E-state index contributed by atoms with van der Waals surface area (Å²) < 4.78 is 38.0. The van der Waals surface area contributed by atoms with E-state index in [2.05, 4.69) is 4.52 Å². The smallest absolute Gasteiger partial charge is 0.283 e. The molecule has 4 nitrogen and oxygen atoms in total. The van der Waals surface area contributed by atoms with E-state index in [4.69, 9.17) is 0 Å². The maximum Gasteiger partial charge on any atom is 0.663 e. The number of halogens is 3. The summed E-state index contributed by atoms with van der Waals surface area (Å²) in [6, 6.07) is 0. The highest BCUT2D eigenvalue weighted by Crippen LogP contribution is 2.10. The van der Waals surface area contributed by atoms with Crippen LogP contribution in [0.5, 0.6) is 0 Å². The van der Waals surface area contributed by atoms with E-state index in [1.807, 2.05) is 0 Å². The quantitative estimate of drug-likeness (QED) is 0.524. The highest BCUT2D eigenvalue weighted by molar-refractivity contribution is 4.48. The number of hydrogen-bond acceptors (Lipinski definition) is 2. The van der Waals surface area contributed by atoms with E-state index in [0.29, 0.717) is 0 Å². The first-order chi connectivity index (χ1) is 4.50. The first-order valence-corrected chi connectivity index (χ1v) is 2.17. The predicted octanol–water partition coefficient (Wildman–Crippen LogP) is -0.268. The first kappa shape index (κ1) is 6.84. The molecule has 0 bridgehead atoms. The molecule has 0 saturated heterocycles. The molecule has 0 aliphatic rings. The van der Waals surface area contributed by atoms with E-state index in [1.54, 1.807) is 0 Å². The van der Waals surface area contributed by atoms with Crippen molar-refractivity contribution in [2.24, 2.45) is 0 Å². The topological polar surface area (TPSA) is 49.9 Å². The minimum Gasteiger partial charge on any atom is -0.283 e. The van der Waals surface area contributed by atoms with Crippen molar-refractivity contribution in [2.45, 2.75) is 6.30 Å². The van der Waals surface area contributed by atoms with Gasteiger partial charge in [-0.2, -0.15) is 0 Å². The minimum absolute atomic E-state index is 0.264. The third kappa shape index (κ3) is 1.17. The summed E-state index contributed by atoms with van der Waals surface area (Å²) in [5.74, 6) is 0. The number of aromatic amines is 1. The Labute approximate surface area is 51.8 Å². The third-order valence-corrected chi connectivity index (χ3v) is 0.752. The van der Waals surface area contributed by atoms with E-state index < -0.39 is 11.9 Å². The van der Waals surface area contributed by atoms with Crippen LogP contribution in [0.3, 0.4) is 0 Å². The van der Waals surface area contributed by atoms with Gasteiger partial charge in [-0.15, -0.1) is 13.2 Å². The van der Waals surface area contributed by atoms with Gasteiger partial charge in [-0.1, -0.05) is 0 Å². The van der Waals surface area contributed by atoms with Crippen molar-refractivity contribution >= 4 is 0 Å². The lowest BCUT2D eigenvalue weighted by Crippen LogP contribution is -2.48. The fourth-order valence-corrected chi connectivity index (χ4v) is 0.377. The van der Waals surface area contributed by atoms with Crippen molar-refractivity contribution in [1.82, 2.24) is 5.27 Å². The lowest BCUT2D eigenvalue weighted by molar-refractivity contribution is -0.901. The molecular formula is C3H2F3N2O2+. The predicted molar refractivity (Wildman–Crippen MR) is 20.8 cm³/mol. The lowest BCUT2D eigenvalue weighted by atomic mass is 10.9. The molecule has 0 atom stereocenters. The van der Waals surface area contributed by atoms with Crippen molar-refractivity contribution < 1.29 is 22.4 Å². The number of nitrogens with one attached hydrogen (secondary N) is 1. The lowest BCUT2D eigenvalue weighted by Gasteiger charge is -1.89. The van der Waals surface area contributed by atoms with E-state index in [9.17, 15) is 18.0 Å². The summed E-state index contributed by atoms with van der Waals surface area (Å²) in [6.45, 7) is 0. The summed E-state index contributed by atoms with van der Waals surface area (Å²) in [7, 11) is 0. The van der Waals surface area contributed by atoms with Crippen molar-refractivity contribution in [1.29, 1.82) is 0 Å². The molecule has 1 aromatic heterocycles. The monoisotopic (exact) mass is 155 g/mol. The normalized spacial score (nSPS) is 11.9. The molecular weight excluding hydrogens is 153 g/mol. The van der Waals surface area contributed by atoms with E-state index in [0.717, 1.165) is 0 Å². The molecule has 1 rings (SSSR count). The first-order valence-electron chi connectivity index (χ1n) is 2.17. The van der Waals surface area contributed by atoms with Gasteiger partial charge >= 0.3 is 11.9 Å². The second kappa shape index (κ2) is 1.86. The van der Waals surface area contributed by atoms with Gasteiger partial charge < -0.3 is 0 Å². The molecule has 0 radical (unpaired) electrons. The van der Waals surface area contributed by atoms with E-state index in [1.165, 1.54) is 5.27 Å². The number of alkyl halides is 3. The number of H-pyrrole nitrogens is 1. The summed E-state index contributed by atoms with van der Waals surface area (Å²) in [6.07, 6.45) is -4.36. The van der Waals surface area contributed by atoms with Crippen LogP contribution in [-0.2, 0) is 6.30 Å². The SMILES string of the molecule is O=c1c[n+](C(F)(F)F)[nH]o1. The standard InChI is InChI=1S/C3HF3N2O2/c4-3(5,6)8-1-2(9)10-7-8/h1H/p+1. The molecule has 1 aromatic rings. The average molecular weight is 155 g/mol. The highest BCUT2D eigenvalue weighted by atomic mass is 19.4. The van der Waals surface area contributed by atoms with Crippen molar-refractivity contribution in [3.8, 4) is 0 Å². The third-order valence-electron chi connectivity index (χ3n) is 0.752. The molecule has 1 heterocycles. The Morgan fingerprint density at radius 1 is 1.60 bits per heavy atom. The van der Waals surface area contributed by atoms with Gasteiger partial charge in [0.1, 0.15) is 0 Å². The van der Waals surface area contributed by atoms with Crippen molar-refractivity contribution in [3.63, 3.8) is 0 Å². The van der Waals surface area contributed by atoms with Gasteiger partial charge in [0.15, 0.2) is 0 Å². The molecule has 7 heteroatoms. The Hall–Kier alpha value is -1.27. The highest BCUT2D eigenvalue weighted by Gasteiger charge is 2.44. The Bertz CT molecular complexity index is 272. The molecule has 0 aromatic carbocycles.